The Morgan fingerprint density at radius 3 is 2.71 bits per heavy atom. The van der Waals surface area contributed by atoms with Gasteiger partial charge in [-0.05, 0) is 43.2 Å². The van der Waals surface area contributed by atoms with E-state index in [1.54, 1.807) is 11.3 Å². The lowest BCUT2D eigenvalue weighted by Crippen LogP contribution is -2.41. The van der Waals surface area contributed by atoms with Crippen molar-refractivity contribution >= 4 is 17.3 Å². The molecule has 0 radical (unpaired) electrons. The van der Waals surface area contributed by atoms with Gasteiger partial charge in [-0.25, -0.2) is 0 Å². The van der Waals surface area contributed by atoms with Gasteiger partial charge in [-0.3, -0.25) is 4.99 Å². The zero-order valence-corrected chi connectivity index (χ0v) is 12.0. The van der Waals surface area contributed by atoms with Crippen LogP contribution >= 0.6 is 11.3 Å². The molecule has 0 fully saturated rings. The second-order valence-corrected chi connectivity index (χ2v) is 5.26. The summed E-state index contributed by atoms with van der Waals surface area (Å²) in [5.41, 5.74) is 1.37. The third-order valence-corrected chi connectivity index (χ3v) is 3.11. The highest BCUT2D eigenvalue weighted by Gasteiger charge is 2.06. The molecule has 96 valence electrons. The lowest BCUT2D eigenvalue weighted by molar-refractivity contribution is 0.690. The van der Waals surface area contributed by atoms with E-state index in [4.69, 9.17) is 0 Å². The Hall–Kier alpha value is -1.03. The van der Waals surface area contributed by atoms with Gasteiger partial charge in [-0.2, -0.15) is 11.3 Å². The van der Waals surface area contributed by atoms with Crippen LogP contribution in [0.15, 0.2) is 21.8 Å². The van der Waals surface area contributed by atoms with Crippen LogP contribution in [0.3, 0.4) is 0 Å². The Balaban J connectivity index is 2.53. The number of nitrogens with zero attached hydrogens (tertiary/aromatic N) is 1. The van der Waals surface area contributed by atoms with Gasteiger partial charge in [0.1, 0.15) is 0 Å². The molecule has 0 spiro atoms. The van der Waals surface area contributed by atoms with E-state index in [9.17, 15) is 0 Å². The van der Waals surface area contributed by atoms with Crippen LogP contribution in [0.5, 0.6) is 0 Å². The lowest BCUT2D eigenvalue weighted by Gasteiger charge is -2.15. The van der Waals surface area contributed by atoms with Crippen molar-refractivity contribution in [3.63, 3.8) is 0 Å². The van der Waals surface area contributed by atoms with Gasteiger partial charge in [-0.15, -0.1) is 0 Å². The summed E-state index contributed by atoms with van der Waals surface area (Å²) in [6, 6.07) is 2.58. The van der Waals surface area contributed by atoms with Gasteiger partial charge in [0.05, 0.1) is 0 Å². The van der Waals surface area contributed by atoms with Crippen molar-refractivity contribution in [1.82, 2.24) is 10.6 Å². The predicted octanol–water partition coefficient (Wildman–Crippen LogP) is 2.82. The summed E-state index contributed by atoms with van der Waals surface area (Å²) in [5.74, 6) is 1.38. The standard InChI is InChI=1S/C13H23N3S/c1-5-14-13(16-10(2)3)15-8-11(4)12-6-7-17-9-12/h6-7,9-11H,5,8H2,1-4H3,(H2,14,15,16). The number of hydrogen-bond donors (Lipinski definition) is 2. The Kier molecular flexibility index (Phi) is 6.05. The molecule has 1 aromatic rings. The molecule has 0 saturated heterocycles. The number of aliphatic imine (C=N–C) groups is 1. The number of guanidine groups is 1. The van der Waals surface area contributed by atoms with E-state index in [-0.39, 0.29) is 0 Å². The summed E-state index contributed by atoms with van der Waals surface area (Å²) in [5, 5.41) is 10.9. The van der Waals surface area contributed by atoms with Gasteiger partial charge in [0.15, 0.2) is 5.96 Å². The van der Waals surface area contributed by atoms with Crippen molar-refractivity contribution in [2.24, 2.45) is 4.99 Å². The normalized spacial score (nSPS) is 13.8. The van der Waals surface area contributed by atoms with E-state index < -0.39 is 0 Å². The average Bonchev–Trinajstić information content (AvgIpc) is 2.78. The summed E-state index contributed by atoms with van der Waals surface area (Å²) in [6.45, 7) is 10.2. The summed E-state index contributed by atoms with van der Waals surface area (Å²) < 4.78 is 0. The highest BCUT2D eigenvalue weighted by atomic mass is 32.1. The van der Waals surface area contributed by atoms with Gasteiger partial charge >= 0.3 is 0 Å². The SMILES string of the molecule is CCNC(=NCC(C)c1ccsc1)NC(C)C. The Bertz CT molecular complexity index is 330. The van der Waals surface area contributed by atoms with E-state index in [1.165, 1.54) is 5.56 Å². The second kappa shape index (κ2) is 7.33. The van der Waals surface area contributed by atoms with E-state index in [0.29, 0.717) is 12.0 Å². The molecule has 1 rings (SSSR count). The van der Waals surface area contributed by atoms with Gasteiger partial charge in [0.2, 0.25) is 0 Å². The van der Waals surface area contributed by atoms with Crippen LogP contribution in [0.1, 0.15) is 39.2 Å². The van der Waals surface area contributed by atoms with Gasteiger partial charge in [0.25, 0.3) is 0 Å². The predicted molar refractivity (Wildman–Crippen MR) is 77.0 cm³/mol. The monoisotopic (exact) mass is 253 g/mol. The van der Waals surface area contributed by atoms with Crippen molar-refractivity contribution in [3.8, 4) is 0 Å². The first-order valence-electron chi connectivity index (χ1n) is 6.20. The maximum Gasteiger partial charge on any atom is 0.191 e. The molecule has 2 N–H and O–H groups in total. The molecule has 0 amide bonds. The highest BCUT2D eigenvalue weighted by Crippen LogP contribution is 2.18. The molecule has 1 aromatic heterocycles. The van der Waals surface area contributed by atoms with E-state index in [0.717, 1.165) is 19.0 Å². The van der Waals surface area contributed by atoms with Crippen LogP contribution in [-0.2, 0) is 0 Å². The molecule has 1 heterocycles. The van der Waals surface area contributed by atoms with Gasteiger partial charge in [-0.1, -0.05) is 6.92 Å². The fourth-order valence-corrected chi connectivity index (χ4v) is 2.26. The number of nitrogens with one attached hydrogen (secondary N) is 2. The molecule has 0 aliphatic carbocycles. The Morgan fingerprint density at radius 1 is 1.41 bits per heavy atom. The molecule has 0 aromatic carbocycles. The van der Waals surface area contributed by atoms with Crippen LogP contribution in [-0.4, -0.2) is 25.1 Å². The molecule has 3 nitrogen and oxygen atoms in total. The van der Waals surface area contributed by atoms with Crippen LogP contribution < -0.4 is 10.6 Å². The molecular weight excluding hydrogens is 230 g/mol. The number of rotatable bonds is 5. The largest absolute Gasteiger partial charge is 0.357 e. The minimum atomic E-state index is 0.407. The number of thiophene rings is 1. The summed E-state index contributed by atoms with van der Waals surface area (Å²) in [7, 11) is 0. The molecule has 0 aliphatic rings. The third-order valence-electron chi connectivity index (χ3n) is 2.41. The van der Waals surface area contributed by atoms with Crippen LogP contribution in [0.4, 0.5) is 0 Å². The average molecular weight is 253 g/mol. The van der Waals surface area contributed by atoms with Crippen molar-refractivity contribution < 1.29 is 0 Å². The maximum atomic E-state index is 4.61. The van der Waals surface area contributed by atoms with Crippen LogP contribution in [0, 0.1) is 0 Å². The fraction of sp³-hybridized carbons (Fsp3) is 0.615. The topological polar surface area (TPSA) is 36.4 Å². The fourth-order valence-electron chi connectivity index (χ4n) is 1.48. The molecule has 17 heavy (non-hydrogen) atoms. The lowest BCUT2D eigenvalue weighted by atomic mass is 10.1. The van der Waals surface area contributed by atoms with Crippen molar-refractivity contribution in [2.45, 2.75) is 39.7 Å². The second-order valence-electron chi connectivity index (χ2n) is 4.48. The smallest absolute Gasteiger partial charge is 0.191 e. The Morgan fingerprint density at radius 2 is 2.18 bits per heavy atom. The molecular formula is C13H23N3S. The van der Waals surface area contributed by atoms with E-state index >= 15 is 0 Å². The summed E-state index contributed by atoms with van der Waals surface area (Å²) >= 11 is 1.74. The first-order valence-corrected chi connectivity index (χ1v) is 7.14. The minimum absolute atomic E-state index is 0.407. The highest BCUT2D eigenvalue weighted by molar-refractivity contribution is 7.07. The van der Waals surface area contributed by atoms with E-state index in [2.05, 4.69) is 60.1 Å². The Labute approximate surface area is 108 Å². The van der Waals surface area contributed by atoms with Gasteiger partial charge < -0.3 is 10.6 Å². The molecule has 0 saturated carbocycles. The van der Waals surface area contributed by atoms with Crippen molar-refractivity contribution in [1.29, 1.82) is 0 Å². The molecule has 1 atom stereocenters. The zero-order chi connectivity index (χ0) is 12.7. The number of hydrogen-bond acceptors (Lipinski definition) is 2. The maximum absolute atomic E-state index is 4.61. The first kappa shape index (κ1) is 14.0. The molecule has 4 heteroatoms. The van der Waals surface area contributed by atoms with Gasteiger partial charge in [0, 0.05) is 25.0 Å². The summed E-state index contributed by atoms with van der Waals surface area (Å²) in [4.78, 5) is 4.61. The van der Waals surface area contributed by atoms with Crippen LogP contribution in [0.2, 0.25) is 0 Å². The minimum Gasteiger partial charge on any atom is -0.357 e. The van der Waals surface area contributed by atoms with E-state index in [1.807, 2.05) is 0 Å². The summed E-state index contributed by atoms with van der Waals surface area (Å²) in [6.07, 6.45) is 0. The van der Waals surface area contributed by atoms with Crippen molar-refractivity contribution in [2.75, 3.05) is 13.1 Å². The molecule has 0 aliphatic heterocycles. The molecule has 1 unspecified atom stereocenters. The quantitative estimate of drug-likeness (QED) is 0.625. The third kappa shape index (κ3) is 5.22. The molecule has 0 bridgehead atoms. The van der Waals surface area contributed by atoms with Crippen molar-refractivity contribution in [3.05, 3.63) is 22.4 Å². The first-order chi connectivity index (χ1) is 8.13. The zero-order valence-electron chi connectivity index (χ0n) is 11.2. The van der Waals surface area contributed by atoms with Crippen LogP contribution in [0.25, 0.3) is 0 Å².